The zero-order valence-corrected chi connectivity index (χ0v) is 11.4. The molecule has 0 bridgehead atoms. The van der Waals surface area contributed by atoms with Crippen molar-refractivity contribution >= 4 is 16.0 Å². The summed E-state index contributed by atoms with van der Waals surface area (Å²) in [6.45, 7) is 0.703. The van der Waals surface area contributed by atoms with Crippen molar-refractivity contribution in [1.29, 1.82) is 0 Å². The van der Waals surface area contributed by atoms with Gasteiger partial charge in [0.15, 0.2) is 5.60 Å². The number of benzene rings is 1. The van der Waals surface area contributed by atoms with E-state index in [1.54, 1.807) is 12.1 Å². The van der Waals surface area contributed by atoms with E-state index in [-0.39, 0.29) is 12.5 Å². The smallest absolute Gasteiger partial charge is 0.339 e. The van der Waals surface area contributed by atoms with Gasteiger partial charge in [0, 0.05) is 12.1 Å². The van der Waals surface area contributed by atoms with Crippen molar-refractivity contribution in [2.75, 3.05) is 19.3 Å². The minimum Gasteiger partial charge on any atom is -0.449 e. The van der Waals surface area contributed by atoms with E-state index in [2.05, 4.69) is 0 Å². The first-order valence-corrected chi connectivity index (χ1v) is 8.05. The van der Waals surface area contributed by atoms with E-state index in [1.807, 2.05) is 12.1 Å². The highest BCUT2D eigenvalue weighted by atomic mass is 32.2. The second kappa shape index (κ2) is 4.05. The molecule has 5 nitrogen and oxygen atoms in total. The number of hydrogen-bond acceptors (Lipinski definition) is 4. The minimum atomic E-state index is -3.27. The normalized spacial score (nSPS) is 27.3. The van der Waals surface area contributed by atoms with E-state index in [1.165, 1.54) is 10.6 Å². The quantitative estimate of drug-likeness (QED) is 0.723. The Hall–Kier alpha value is -1.40. The summed E-state index contributed by atoms with van der Waals surface area (Å²) in [4.78, 5) is 11.9. The molecule has 0 radical (unpaired) electrons. The molecule has 0 aromatic heterocycles. The van der Waals surface area contributed by atoms with Gasteiger partial charge in [-0.05, 0) is 18.9 Å². The fourth-order valence-corrected chi connectivity index (χ4v) is 3.82. The van der Waals surface area contributed by atoms with Gasteiger partial charge in [0.05, 0.1) is 18.4 Å². The molecule has 0 unspecified atom stereocenters. The Morgan fingerprint density at radius 2 is 2.05 bits per heavy atom. The number of fused-ring (bicyclic) bond motifs is 2. The second-order valence-corrected chi connectivity index (χ2v) is 7.11. The molecule has 0 N–H and O–H groups in total. The van der Waals surface area contributed by atoms with E-state index in [0.717, 1.165) is 5.56 Å². The first-order valence-electron chi connectivity index (χ1n) is 6.20. The zero-order valence-electron chi connectivity index (χ0n) is 10.6. The fraction of sp³-hybridized carbons (Fsp3) is 0.462. The summed E-state index contributed by atoms with van der Waals surface area (Å²) in [5.74, 6) is -0.356. The number of carbonyl (C=O) groups excluding carboxylic acids is 1. The molecule has 1 fully saturated rings. The Kier molecular flexibility index (Phi) is 2.69. The van der Waals surface area contributed by atoms with Crippen LogP contribution in [-0.4, -0.2) is 38.0 Å². The SMILES string of the molecule is CS(=O)(=O)N1CCC[C@]2(C1)OC(=O)c1ccccc12. The predicted molar refractivity (Wildman–Crippen MR) is 69.2 cm³/mol. The lowest BCUT2D eigenvalue weighted by Crippen LogP contribution is -2.48. The van der Waals surface area contributed by atoms with Crippen LogP contribution in [-0.2, 0) is 20.4 Å². The minimum absolute atomic E-state index is 0.217. The second-order valence-electron chi connectivity index (χ2n) is 5.13. The molecule has 1 aromatic rings. The Balaban J connectivity index is 2.04. The van der Waals surface area contributed by atoms with Crippen LogP contribution in [0.5, 0.6) is 0 Å². The summed E-state index contributed by atoms with van der Waals surface area (Å²) in [6.07, 6.45) is 2.55. The van der Waals surface area contributed by atoms with Crippen molar-refractivity contribution in [3.63, 3.8) is 0 Å². The zero-order chi connectivity index (χ0) is 13.7. The van der Waals surface area contributed by atoms with Crippen molar-refractivity contribution in [3.8, 4) is 0 Å². The Labute approximate surface area is 112 Å². The fourth-order valence-electron chi connectivity index (χ4n) is 2.92. The molecule has 2 heterocycles. The molecule has 3 rings (SSSR count). The number of ether oxygens (including phenoxy) is 1. The van der Waals surface area contributed by atoms with Crippen LogP contribution in [0.15, 0.2) is 24.3 Å². The lowest BCUT2D eigenvalue weighted by Gasteiger charge is -2.38. The van der Waals surface area contributed by atoms with E-state index < -0.39 is 15.6 Å². The lowest BCUT2D eigenvalue weighted by molar-refractivity contribution is -0.0344. The molecular formula is C13H15NO4S. The third-order valence-corrected chi connectivity index (χ3v) is 5.06. The number of carbonyl (C=O) groups is 1. The molecule has 0 aliphatic carbocycles. The number of nitrogens with zero attached hydrogens (tertiary/aromatic N) is 1. The first-order chi connectivity index (χ1) is 8.92. The molecule has 1 spiro atoms. The number of esters is 1. The number of hydrogen-bond donors (Lipinski definition) is 0. The Morgan fingerprint density at radius 3 is 2.79 bits per heavy atom. The van der Waals surface area contributed by atoms with Crippen LogP contribution < -0.4 is 0 Å². The summed E-state index contributed by atoms with van der Waals surface area (Å²) in [5, 5.41) is 0. The van der Waals surface area contributed by atoms with Gasteiger partial charge in [0.25, 0.3) is 0 Å². The molecular weight excluding hydrogens is 266 g/mol. The monoisotopic (exact) mass is 281 g/mol. The molecule has 2 aliphatic heterocycles. The summed E-state index contributed by atoms with van der Waals surface area (Å²) in [7, 11) is -3.27. The van der Waals surface area contributed by atoms with E-state index >= 15 is 0 Å². The number of piperidine rings is 1. The average molecular weight is 281 g/mol. The maximum Gasteiger partial charge on any atom is 0.339 e. The summed E-state index contributed by atoms with van der Waals surface area (Å²) in [5.41, 5.74) is 0.570. The first kappa shape index (κ1) is 12.6. The van der Waals surface area contributed by atoms with Gasteiger partial charge in [-0.2, -0.15) is 4.31 Å². The van der Waals surface area contributed by atoms with Gasteiger partial charge in [-0.25, -0.2) is 13.2 Å². The molecule has 1 aromatic carbocycles. The summed E-state index contributed by atoms with van der Waals surface area (Å²) in [6, 6.07) is 7.22. The van der Waals surface area contributed by atoms with Gasteiger partial charge in [-0.15, -0.1) is 0 Å². The van der Waals surface area contributed by atoms with E-state index in [4.69, 9.17) is 4.74 Å². The van der Waals surface area contributed by atoms with Gasteiger partial charge in [-0.3, -0.25) is 0 Å². The van der Waals surface area contributed by atoms with Gasteiger partial charge < -0.3 is 4.74 Å². The highest BCUT2D eigenvalue weighted by Gasteiger charge is 2.49. The summed E-state index contributed by atoms with van der Waals surface area (Å²) < 4.78 is 30.3. The van der Waals surface area contributed by atoms with Crippen LogP contribution in [0.3, 0.4) is 0 Å². The van der Waals surface area contributed by atoms with Crippen LogP contribution in [0.4, 0.5) is 0 Å². The van der Waals surface area contributed by atoms with Crippen LogP contribution in [0, 0.1) is 0 Å². The van der Waals surface area contributed by atoms with Gasteiger partial charge >= 0.3 is 5.97 Å². The van der Waals surface area contributed by atoms with Crippen LogP contribution in [0.25, 0.3) is 0 Å². The van der Waals surface area contributed by atoms with Crippen LogP contribution >= 0.6 is 0 Å². The highest BCUT2D eigenvalue weighted by Crippen LogP contribution is 2.43. The van der Waals surface area contributed by atoms with Crippen molar-refractivity contribution in [2.45, 2.75) is 18.4 Å². The molecule has 1 saturated heterocycles. The standard InChI is InChI=1S/C13H15NO4S/c1-19(16,17)14-8-4-7-13(9-14)11-6-3-2-5-10(11)12(15)18-13/h2-3,5-6H,4,7-9H2,1H3/t13-/m1/s1. The molecule has 6 heteroatoms. The molecule has 1 atom stereocenters. The molecule has 19 heavy (non-hydrogen) atoms. The van der Waals surface area contributed by atoms with Crippen LogP contribution in [0.2, 0.25) is 0 Å². The van der Waals surface area contributed by atoms with Crippen molar-refractivity contribution < 1.29 is 17.9 Å². The third kappa shape index (κ3) is 1.95. The largest absolute Gasteiger partial charge is 0.449 e. The summed E-state index contributed by atoms with van der Waals surface area (Å²) >= 11 is 0. The molecule has 0 saturated carbocycles. The lowest BCUT2D eigenvalue weighted by atomic mass is 9.86. The average Bonchev–Trinajstić information content (AvgIpc) is 2.63. The van der Waals surface area contributed by atoms with Crippen LogP contribution in [0.1, 0.15) is 28.8 Å². The molecule has 0 amide bonds. The number of sulfonamides is 1. The van der Waals surface area contributed by atoms with Crippen molar-refractivity contribution in [1.82, 2.24) is 4.31 Å². The topological polar surface area (TPSA) is 63.7 Å². The molecule has 2 aliphatic rings. The van der Waals surface area contributed by atoms with E-state index in [0.29, 0.717) is 24.9 Å². The third-order valence-electron chi connectivity index (χ3n) is 3.81. The Morgan fingerprint density at radius 1 is 1.32 bits per heavy atom. The molecule has 102 valence electrons. The van der Waals surface area contributed by atoms with Gasteiger partial charge in [0.2, 0.25) is 10.0 Å². The van der Waals surface area contributed by atoms with Gasteiger partial charge in [-0.1, -0.05) is 18.2 Å². The number of rotatable bonds is 1. The van der Waals surface area contributed by atoms with Crippen molar-refractivity contribution in [3.05, 3.63) is 35.4 Å². The van der Waals surface area contributed by atoms with Gasteiger partial charge in [0.1, 0.15) is 0 Å². The Bertz CT molecular complexity index is 640. The highest BCUT2D eigenvalue weighted by molar-refractivity contribution is 7.88. The predicted octanol–water partition coefficient (Wildman–Crippen LogP) is 1.11. The maximum absolute atomic E-state index is 11.9. The van der Waals surface area contributed by atoms with E-state index in [9.17, 15) is 13.2 Å². The maximum atomic E-state index is 11.9. The van der Waals surface area contributed by atoms with Crippen molar-refractivity contribution in [2.24, 2.45) is 0 Å².